The second-order valence-electron chi connectivity index (χ2n) is 4.26. The van der Waals surface area contributed by atoms with Crippen LogP contribution in [0, 0.1) is 17.6 Å². The van der Waals surface area contributed by atoms with Gasteiger partial charge in [-0.25, -0.2) is 8.78 Å². The number of anilines is 1. The summed E-state index contributed by atoms with van der Waals surface area (Å²) in [6, 6.07) is 3.35. The van der Waals surface area contributed by atoms with Crippen molar-refractivity contribution in [3.63, 3.8) is 0 Å². The lowest BCUT2D eigenvalue weighted by molar-refractivity contribution is -0.105. The molecule has 0 atom stereocenters. The van der Waals surface area contributed by atoms with Crippen molar-refractivity contribution in [3.8, 4) is 0 Å². The van der Waals surface area contributed by atoms with E-state index in [9.17, 15) is 13.6 Å². The van der Waals surface area contributed by atoms with E-state index in [1.807, 2.05) is 12.2 Å². The molecule has 1 aromatic rings. The van der Waals surface area contributed by atoms with Crippen molar-refractivity contribution in [1.82, 2.24) is 0 Å². The van der Waals surface area contributed by atoms with Gasteiger partial charge in [0.05, 0.1) is 0 Å². The van der Waals surface area contributed by atoms with Crippen LogP contribution in [0.25, 0.3) is 0 Å². The molecule has 0 aliphatic heterocycles. The third-order valence-electron chi connectivity index (χ3n) is 2.77. The van der Waals surface area contributed by atoms with E-state index in [4.69, 9.17) is 10.9 Å². The predicted molar refractivity (Wildman–Crippen MR) is 77.4 cm³/mol. The molecule has 4 nitrogen and oxygen atoms in total. The molecule has 0 saturated heterocycles. The predicted octanol–water partition coefficient (Wildman–Crippen LogP) is 2.73. The summed E-state index contributed by atoms with van der Waals surface area (Å²) in [4.78, 5) is 10.9. The van der Waals surface area contributed by atoms with Gasteiger partial charge < -0.3 is 11.1 Å². The van der Waals surface area contributed by atoms with E-state index < -0.39 is 17.3 Å². The molecular formula is C13H17F2N3OS. The Balaban J connectivity index is 0.000000204. The first-order valence-corrected chi connectivity index (χ1v) is 6.86. The average Bonchev–Trinajstić information content (AvgIpc) is 3.26. The van der Waals surface area contributed by atoms with Crippen molar-refractivity contribution in [2.24, 2.45) is 16.8 Å². The number of hydrogen-bond donors (Lipinski definition) is 3. The summed E-state index contributed by atoms with van der Waals surface area (Å²) in [6.07, 6.45) is 2.73. The highest BCUT2D eigenvalue weighted by Crippen LogP contribution is 2.36. The number of benzene rings is 1. The molecule has 1 amide bonds. The zero-order chi connectivity index (χ0) is 15.1. The van der Waals surface area contributed by atoms with Gasteiger partial charge in [-0.15, -0.1) is 0 Å². The maximum atomic E-state index is 12.6. The van der Waals surface area contributed by atoms with Crippen molar-refractivity contribution in [3.05, 3.63) is 40.4 Å². The van der Waals surface area contributed by atoms with Crippen LogP contribution in [0.4, 0.5) is 14.5 Å². The molecule has 1 saturated carbocycles. The maximum Gasteiger partial charge on any atom is 0.211 e. The second kappa shape index (κ2) is 7.86. The van der Waals surface area contributed by atoms with Crippen molar-refractivity contribution in [2.75, 3.05) is 5.32 Å². The molecule has 110 valence electrons. The van der Waals surface area contributed by atoms with Gasteiger partial charge in [0.2, 0.25) is 6.41 Å². The zero-order valence-corrected chi connectivity index (χ0v) is 11.8. The van der Waals surface area contributed by atoms with Gasteiger partial charge in [-0.3, -0.25) is 9.93 Å². The van der Waals surface area contributed by atoms with E-state index in [1.54, 1.807) is 0 Å². The van der Waals surface area contributed by atoms with E-state index in [0.29, 0.717) is 5.92 Å². The van der Waals surface area contributed by atoms with Crippen LogP contribution in [0.2, 0.25) is 0 Å². The first-order chi connectivity index (χ1) is 9.51. The topological polar surface area (TPSA) is 81.1 Å². The van der Waals surface area contributed by atoms with Gasteiger partial charge in [0, 0.05) is 10.6 Å². The number of nitrogens with one attached hydrogen (secondary N) is 1. The number of carbonyl (C=O) groups is 1. The Morgan fingerprint density at radius 2 is 1.95 bits per heavy atom. The summed E-state index contributed by atoms with van der Waals surface area (Å²) in [5, 5.41) is 7.23. The van der Waals surface area contributed by atoms with Crippen molar-refractivity contribution in [2.45, 2.75) is 19.8 Å². The summed E-state index contributed by atoms with van der Waals surface area (Å²) >= 11 is 1.26. The number of hydrogen-bond acceptors (Lipinski definition) is 4. The largest absolute Gasteiger partial charge is 0.401 e. The van der Waals surface area contributed by atoms with Crippen LogP contribution in [0.3, 0.4) is 0 Å². The first kappa shape index (κ1) is 16.5. The molecule has 0 aromatic heterocycles. The molecule has 20 heavy (non-hydrogen) atoms. The third-order valence-corrected chi connectivity index (χ3v) is 3.36. The highest BCUT2D eigenvalue weighted by atomic mass is 32.2. The minimum Gasteiger partial charge on any atom is -0.401 e. The number of nitrogens with two attached hydrogens (primary N) is 2. The normalized spacial score (nSPS) is 14.8. The Hall–Kier alpha value is -1.60. The Kier molecular flexibility index (Phi) is 6.47. The van der Waals surface area contributed by atoms with E-state index in [2.05, 4.69) is 0 Å². The number of halogens is 2. The summed E-state index contributed by atoms with van der Waals surface area (Å²) < 4.78 is 25.2. The molecule has 0 heterocycles. The SMILES string of the molecule is C/C(SN)=C(/N)C1CC1.O=CNc1c(F)cccc1F. The number of para-hydroxylation sites is 1. The fourth-order valence-electron chi connectivity index (χ4n) is 1.44. The summed E-state index contributed by atoms with van der Waals surface area (Å²) in [5.74, 6) is -0.907. The molecule has 7 heteroatoms. The van der Waals surface area contributed by atoms with Crippen LogP contribution >= 0.6 is 11.9 Å². The Bertz CT molecular complexity index is 484. The smallest absolute Gasteiger partial charge is 0.211 e. The summed E-state index contributed by atoms with van der Waals surface area (Å²) in [7, 11) is 0. The molecule has 5 N–H and O–H groups in total. The van der Waals surface area contributed by atoms with Gasteiger partial charge in [0.1, 0.15) is 17.3 Å². The molecule has 0 spiro atoms. The Morgan fingerprint density at radius 3 is 2.35 bits per heavy atom. The van der Waals surface area contributed by atoms with E-state index in [-0.39, 0.29) is 6.41 Å². The van der Waals surface area contributed by atoms with Gasteiger partial charge in [0.25, 0.3) is 0 Å². The molecule has 1 aromatic carbocycles. The molecule has 0 unspecified atom stereocenters. The Morgan fingerprint density at radius 1 is 1.40 bits per heavy atom. The van der Waals surface area contributed by atoms with E-state index >= 15 is 0 Å². The van der Waals surface area contributed by atoms with Crippen molar-refractivity contribution < 1.29 is 13.6 Å². The lowest BCUT2D eigenvalue weighted by Gasteiger charge is -2.00. The fraction of sp³-hybridized carbons (Fsp3) is 0.308. The standard InChI is InChI=1S/C7H5F2NO.C6H12N2S/c8-5-2-1-3-6(9)7(5)10-4-11;1-4(9-8)6(7)5-2-3-5/h1-4H,(H,10,11);5H,2-3,7-8H2,1H3/b;6-4-. The van der Waals surface area contributed by atoms with Crippen LogP contribution in [0.5, 0.6) is 0 Å². The van der Waals surface area contributed by atoms with E-state index in [1.165, 1.54) is 30.9 Å². The van der Waals surface area contributed by atoms with Crippen LogP contribution < -0.4 is 16.2 Å². The molecular weight excluding hydrogens is 284 g/mol. The summed E-state index contributed by atoms with van der Waals surface area (Å²) in [6.45, 7) is 1.97. The van der Waals surface area contributed by atoms with Gasteiger partial charge in [0.15, 0.2) is 0 Å². The van der Waals surface area contributed by atoms with Crippen LogP contribution in [0.1, 0.15) is 19.8 Å². The monoisotopic (exact) mass is 301 g/mol. The number of carbonyl (C=O) groups excluding carboxylic acids is 1. The van der Waals surface area contributed by atoms with Crippen molar-refractivity contribution in [1.29, 1.82) is 0 Å². The zero-order valence-electron chi connectivity index (χ0n) is 11.0. The number of amides is 1. The minimum atomic E-state index is -0.780. The van der Waals surface area contributed by atoms with Gasteiger partial charge in [-0.2, -0.15) is 0 Å². The van der Waals surface area contributed by atoms with Crippen LogP contribution in [0.15, 0.2) is 28.8 Å². The van der Waals surface area contributed by atoms with Gasteiger partial charge >= 0.3 is 0 Å². The lowest BCUT2D eigenvalue weighted by atomic mass is 10.3. The maximum absolute atomic E-state index is 12.6. The summed E-state index contributed by atoms with van der Waals surface area (Å²) in [5.41, 5.74) is 6.30. The second-order valence-corrected chi connectivity index (χ2v) is 5.11. The van der Waals surface area contributed by atoms with Crippen LogP contribution in [-0.2, 0) is 4.79 Å². The number of rotatable bonds is 4. The molecule has 1 aliphatic carbocycles. The molecule has 1 aliphatic rings. The molecule has 1 fully saturated rings. The first-order valence-electron chi connectivity index (χ1n) is 5.98. The Labute approximate surface area is 120 Å². The van der Waals surface area contributed by atoms with E-state index in [0.717, 1.165) is 22.7 Å². The molecule has 0 radical (unpaired) electrons. The number of allylic oxidation sites excluding steroid dienone is 2. The quantitative estimate of drug-likeness (QED) is 0.590. The lowest BCUT2D eigenvalue weighted by Crippen LogP contribution is -2.02. The molecule has 0 bridgehead atoms. The van der Waals surface area contributed by atoms with Crippen LogP contribution in [-0.4, -0.2) is 6.41 Å². The minimum absolute atomic E-state index is 0.224. The third kappa shape index (κ3) is 4.82. The fourth-order valence-corrected chi connectivity index (χ4v) is 1.75. The van der Waals surface area contributed by atoms with Gasteiger partial charge in [-0.05, 0) is 37.8 Å². The highest BCUT2D eigenvalue weighted by Gasteiger charge is 2.25. The van der Waals surface area contributed by atoms with Crippen molar-refractivity contribution >= 4 is 24.0 Å². The highest BCUT2D eigenvalue weighted by molar-refractivity contribution is 8.00. The van der Waals surface area contributed by atoms with Gasteiger partial charge in [-0.1, -0.05) is 18.0 Å². The molecule has 2 rings (SSSR count). The average molecular weight is 301 g/mol.